The van der Waals surface area contributed by atoms with Crippen molar-refractivity contribution >= 4 is 31.5 Å². The monoisotopic (exact) mass is 881 g/mol. The molecule has 0 radical (unpaired) electrons. The predicted octanol–water partition coefficient (Wildman–Crippen LogP) is 16.6. The van der Waals surface area contributed by atoms with Crippen molar-refractivity contribution in [2.75, 3.05) is 0 Å². The van der Waals surface area contributed by atoms with Gasteiger partial charge >= 0.3 is 0 Å². The Balaban J connectivity index is 0.882. The maximum absolute atomic E-state index is 5.34. The molecular formula is C64H39N3S. The Kier molecular flexibility index (Phi) is 8.67. The molecule has 14 rings (SSSR count). The van der Waals surface area contributed by atoms with Gasteiger partial charge in [0, 0.05) is 36.9 Å². The van der Waals surface area contributed by atoms with Gasteiger partial charge in [-0.2, -0.15) is 0 Å². The predicted molar refractivity (Wildman–Crippen MR) is 282 cm³/mol. The van der Waals surface area contributed by atoms with Gasteiger partial charge in [-0.05, 0) is 90.0 Å². The summed E-state index contributed by atoms with van der Waals surface area (Å²) in [5.74, 6) is 1.89. The highest BCUT2D eigenvalue weighted by molar-refractivity contribution is 7.26. The van der Waals surface area contributed by atoms with Crippen molar-refractivity contribution < 1.29 is 0 Å². The summed E-state index contributed by atoms with van der Waals surface area (Å²) < 4.78 is 2.64. The molecule has 2 aromatic heterocycles. The molecule has 10 aromatic carbocycles. The minimum Gasteiger partial charge on any atom is -0.208 e. The number of thiophene rings is 1. The highest BCUT2D eigenvalue weighted by Gasteiger charge is 2.51. The topological polar surface area (TPSA) is 38.7 Å². The van der Waals surface area contributed by atoms with E-state index in [0.717, 1.165) is 38.9 Å². The lowest BCUT2D eigenvalue weighted by Crippen LogP contribution is -2.25. The molecule has 4 heteroatoms. The molecule has 0 aliphatic heterocycles. The third-order valence-corrected chi connectivity index (χ3v) is 15.4. The molecule has 0 saturated heterocycles. The molecule has 1 spiro atoms. The Labute approximate surface area is 398 Å². The fourth-order valence-electron chi connectivity index (χ4n) is 11.2. The van der Waals surface area contributed by atoms with Crippen molar-refractivity contribution in [1.29, 1.82) is 0 Å². The summed E-state index contributed by atoms with van der Waals surface area (Å²) in [6, 6.07) is 85.5. The van der Waals surface area contributed by atoms with Gasteiger partial charge in [0.2, 0.25) is 0 Å². The van der Waals surface area contributed by atoms with Crippen LogP contribution in [0.1, 0.15) is 22.3 Å². The van der Waals surface area contributed by atoms with Crippen LogP contribution in [0.3, 0.4) is 0 Å². The van der Waals surface area contributed by atoms with E-state index in [1.165, 1.54) is 75.8 Å². The van der Waals surface area contributed by atoms with Gasteiger partial charge in [0.15, 0.2) is 17.5 Å². The highest BCUT2D eigenvalue weighted by Crippen LogP contribution is 2.63. The van der Waals surface area contributed by atoms with E-state index in [0.29, 0.717) is 17.5 Å². The van der Waals surface area contributed by atoms with Crippen molar-refractivity contribution in [3.63, 3.8) is 0 Å². The zero-order valence-corrected chi connectivity index (χ0v) is 37.6. The smallest absolute Gasteiger partial charge is 0.164 e. The fourth-order valence-corrected chi connectivity index (χ4v) is 12.4. The summed E-state index contributed by atoms with van der Waals surface area (Å²) >= 11 is 1.87. The van der Waals surface area contributed by atoms with Crippen LogP contribution in [0.2, 0.25) is 0 Å². The molecule has 2 aliphatic rings. The largest absolute Gasteiger partial charge is 0.208 e. The molecule has 2 heterocycles. The van der Waals surface area contributed by atoms with E-state index in [2.05, 4.69) is 237 Å². The maximum atomic E-state index is 5.34. The van der Waals surface area contributed by atoms with Crippen LogP contribution in [0, 0.1) is 0 Å². The normalized spacial score (nSPS) is 12.8. The van der Waals surface area contributed by atoms with E-state index in [1.54, 1.807) is 0 Å². The second-order valence-electron chi connectivity index (χ2n) is 17.8. The van der Waals surface area contributed by atoms with Crippen molar-refractivity contribution in [2.45, 2.75) is 5.41 Å². The third kappa shape index (κ3) is 5.81. The Hall–Kier alpha value is -8.57. The number of rotatable bonds is 6. The second-order valence-corrected chi connectivity index (χ2v) is 18.9. The molecule has 0 unspecified atom stereocenters. The lowest BCUT2D eigenvalue weighted by molar-refractivity contribution is 0.794. The summed E-state index contributed by atoms with van der Waals surface area (Å²) in [6.45, 7) is 0. The average molecular weight is 882 g/mol. The van der Waals surface area contributed by atoms with Gasteiger partial charge in [0.05, 0.1) is 5.41 Å². The Morgan fingerprint density at radius 1 is 0.265 bits per heavy atom. The zero-order valence-electron chi connectivity index (χ0n) is 36.8. The first kappa shape index (κ1) is 38.7. The van der Waals surface area contributed by atoms with Crippen molar-refractivity contribution in [1.82, 2.24) is 15.0 Å². The Bertz CT molecular complexity index is 3920. The zero-order chi connectivity index (χ0) is 44.8. The van der Waals surface area contributed by atoms with Gasteiger partial charge in [-0.1, -0.05) is 224 Å². The van der Waals surface area contributed by atoms with Gasteiger partial charge in [0.25, 0.3) is 0 Å². The van der Waals surface area contributed by atoms with Gasteiger partial charge in [-0.25, -0.2) is 15.0 Å². The molecule has 12 aromatic rings. The van der Waals surface area contributed by atoms with Gasteiger partial charge in [0.1, 0.15) is 0 Å². The molecule has 68 heavy (non-hydrogen) atoms. The molecule has 0 fully saturated rings. The average Bonchev–Trinajstić information content (AvgIpc) is 4.05. The molecule has 0 saturated carbocycles. The highest BCUT2D eigenvalue weighted by atomic mass is 32.1. The summed E-state index contributed by atoms with van der Waals surface area (Å²) in [5, 5.41) is 2.63. The van der Waals surface area contributed by atoms with Crippen molar-refractivity contribution in [3.05, 3.63) is 259 Å². The van der Waals surface area contributed by atoms with Crippen LogP contribution in [-0.2, 0) is 5.41 Å². The van der Waals surface area contributed by atoms with E-state index < -0.39 is 5.41 Å². The van der Waals surface area contributed by atoms with Gasteiger partial charge in [-0.3, -0.25) is 0 Å². The molecular weight excluding hydrogens is 843 g/mol. The van der Waals surface area contributed by atoms with Gasteiger partial charge < -0.3 is 0 Å². The summed E-state index contributed by atoms with van der Waals surface area (Å²) in [7, 11) is 0. The number of hydrogen-bond donors (Lipinski definition) is 0. The van der Waals surface area contributed by atoms with Crippen LogP contribution in [0.25, 0.3) is 110 Å². The van der Waals surface area contributed by atoms with E-state index in [4.69, 9.17) is 15.0 Å². The van der Waals surface area contributed by atoms with Gasteiger partial charge in [-0.15, -0.1) is 11.3 Å². The molecule has 0 amide bonds. The summed E-state index contributed by atoms with van der Waals surface area (Å²) in [5.41, 5.74) is 19.6. The molecule has 2 aliphatic carbocycles. The first-order valence-corrected chi connectivity index (χ1v) is 24.0. The first-order chi connectivity index (χ1) is 33.7. The van der Waals surface area contributed by atoms with E-state index >= 15 is 0 Å². The third-order valence-electron chi connectivity index (χ3n) is 14.2. The second kappa shape index (κ2) is 15.2. The van der Waals surface area contributed by atoms with Crippen molar-refractivity contribution in [2.24, 2.45) is 0 Å². The Morgan fingerprint density at radius 2 is 0.706 bits per heavy atom. The number of nitrogens with zero attached hydrogens (tertiary/aromatic N) is 3. The van der Waals surface area contributed by atoms with E-state index in [9.17, 15) is 0 Å². The van der Waals surface area contributed by atoms with Crippen molar-refractivity contribution in [3.8, 4) is 89.8 Å². The number of aromatic nitrogens is 3. The SMILES string of the molecule is c1ccc(-c2ccccc2-c2nc(-c3ccc(-c4ccc(-c5cccc6c5sc5ccccc56)cc4)cc3)nc(-c3ccc4c(c3)-c3ccccc3C43c4ccccc4-c4ccccc43)n2)cc1. The molecule has 316 valence electrons. The first-order valence-electron chi connectivity index (χ1n) is 23.2. The van der Waals surface area contributed by atoms with Crippen LogP contribution >= 0.6 is 11.3 Å². The molecule has 0 atom stereocenters. The molecule has 3 nitrogen and oxygen atoms in total. The molecule has 0 bridgehead atoms. The lowest BCUT2D eigenvalue weighted by Gasteiger charge is -2.30. The van der Waals surface area contributed by atoms with E-state index in [-0.39, 0.29) is 0 Å². The number of benzene rings is 10. The Morgan fingerprint density at radius 3 is 1.38 bits per heavy atom. The van der Waals surface area contributed by atoms with Crippen LogP contribution in [-0.4, -0.2) is 15.0 Å². The number of hydrogen-bond acceptors (Lipinski definition) is 4. The van der Waals surface area contributed by atoms with Crippen LogP contribution in [0.4, 0.5) is 0 Å². The maximum Gasteiger partial charge on any atom is 0.164 e. The summed E-state index contributed by atoms with van der Waals surface area (Å²) in [4.78, 5) is 15.9. The fraction of sp³-hybridized carbons (Fsp3) is 0.0156. The van der Waals surface area contributed by atoms with E-state index in [1.807, 2.05) is 11.3 Å². The van der Waals surface area contributed by atoms with Crippen LogP contribution in [0.5, 0.6) is 0 Å². The minimum atomic E-state index is -0.420. The minimum absolute atomic E-state index is 0.420. The standard InChI is InChI=1S/C64H39N3S/c1-2-15-42(16-3-1)46-17-4-5-22-53(46)63-66-61(44-35-31-41(32-36-44)40-29-33-43(34-30-40)47-23-14-24-52-51-21-9-13-28-59(51)68-60(47)52)65-62(67-63)45-37-38-58-54(39-45)50-20-8-12-27-57(50)64(58)55-25-10-6-18-48(55)49-19-7-11-26-56(49)64/h1-39H. The molecule has 0 N–H and O–H groups in total. The number of fused-ring (bicyclic) bond motifs is 13. The van der Waals surface area contributed by atoms with Crippen LogP contribution in [0.15, 0.2) is 237 Å². The summed E-state index contributed by atoms with van der Waals surface area (Å²) in [6.07, 6.45) is 0. The quantitative estimate of drug-likeness (QED) is 0.167. The lowest BCUT2D eigenvalue weighted by atomic mass is 9.70. The van der Waals surface area contributed by atoms with Crippen LogP contribution < -0.4 is 0 Å².